The summed E-state index contributed by atoms with van der Waals surface area (Å²) in [7, 11) is 0. The van der Waals surface area contributed by atoms with Crippen molar-refractivity contribution < 1.29 is 9.59 Å². The molecule has 0 saturated heterocycles. The second-order valence-corrected chi connectivity index (χ2v) is 4.79. The van der Waals surface area contributed by atoms with Crippen LogP contribution in [0.3, 0.4) is 0 Å². The molecule has 5 nitrogen and oxygen atoms in total. The molecule has 0 radical (unpaired) electrons. The Kier molecular flexibility index (Phi) is 5.36. The first kappa shape index (κ1) is 15.0. The minimum atomic E-state index is -0.222. The molecule has 2 amide bonds. The first-order valence-corrected chi connectivity index (χ1v) is 6.34. The zero-order valence-corrected chi connectivity index (χ0v) is 11.6. The van der Waals surface area contributed by atoms with Crippen LogP contribution in [-0.2, 0) is 4.79 Å². The molecule has 0 aliphatic carbocycles. The van der Waals surface area contributed by atoms with Crippen molar-refractivity contribution in [2.75, 3.05) is 18.8 Å². The van der Waals surface area contributed by atoms with Crippen LogP contribution < -0.4 is 16.4 Å². The Bertz CT molecular complexity index is 470. The van der Waals surface area contributed by atoms with Gasteiger partial charge in [-0.25, -0.2) is 0 Å². The van der Waals surface area contributed by atoms with Crippen molar-refractivity contribution in [3.05, 3.63) is 29.3 Å². The van der Waals surface area contributed by atoms with Gasteiger partial charge in [-0.3, -0.25) is 9.59 Å². The van der Waals surface area contributed by atoms with Gasteiger partial charge in [0, 0.05) is 24.7 Å². The summed E-state index contributed by atoms with van der Waals surface area (Å²) in [5.74, 6) is -0.299. The molecule has 104 valence electrons. The number of carbonyl (C=O) groups is 2. The number of amides is 2. The number of aryl methyl sites for hydroxylation is 1. The first-order valence-electron chi connectivity index (χ1n) is 6.34. The zero-order chi connectivity index (χ0) is 14.4. The topological polar surface area (TPSA) is 84.2 Å². The van der Waals surface area contributed by atoms with E-state index < -0.39 is 0 Å². The van der Waals surface area contributed by atoms with E-state index in [9.17, 15) is 9.59 Å². The van der Waals surface area contributed by atoms with E-state index >= 15 is 0 Å². The van der Waals surface area contributed by atoms with E-state index in [1.807, 2.05) is 26.8 Å². The highest BCUT2D eigenvalue weighted by Crippen LogP contribution is 2.13. The highest BCUT2D eigenvalue weighted by atomic mass is 16.2. The average Bonchev–Trinajstić information content (AvgIpc) is 2.36. The van der Waals surface area contributed by atoms with Crippen LogP contribution in [-0.4, -0.2) is 24.9 Å². The molecule has 0 atom stereocenters. The second-order valence-electron chi connectivity index (χ2n) is 4.79. The Morgan fingerprint density at radius 2 is 1.84 bits per heavy atom. The van der Waals surface area contributed by atoms with Gasteiger partial charge >= 0.3 is 0 Å². The van der Waals surface area contributed by atoms with Gasteiger partial charge in [0.1, 0.15) is 0 Å². The number of benzene rings is 1. The summed E-state index contributed by atoms with van der Waals surface area (Å²) in [4.78, 5) is 23.2. The zero-order valence-electron chi connectivity index (χ0n) is 11.6. The summed E-state index contributed by atoms with van der Waals surface area (Å²) in [6.45, 7) is 6.33. The van der Waals surface area contributed by atoms with E-state index in [2.05, 4.69) is 10.6 Å². The van der Waals surface area contributed by atoms with Crippen molar-refractivity contribution in [2.24, 2.45) is 5.92 Å². The van der Waals surface area contributed by atoms with Crippen molar-refractivity contribution in [3.63, 3.8) is 0 Å². The van der Waals surface area contributed by atoms with Gasteiger partial charge in [0.2, 0.25) is 5.91 Å². The Morgan fingerprint density at radius 1 is 1.21 bits per heavy atom. The van der Waals surface area contributed by atoms with E-state index in [0.717, 1.165) is 5.56 Å². The molecule has 0 aliphatic heterocycles. The number of hydrogen-bond donors (Lipinski definition) is 3. The molecule has 0 unspecified atom stereocenters. The molecule has 1 rings (SSSR count). The van der Waals surface area contributed by atoms with Crippen molar-refractivity contribution in [2.45, 2.75) is 20.8 Å². The van der Waals surface area contributed by atoms with Crippen molar-refractivity contribution in [1.82, 2.24) is 10.6 Å². The third-order valence-electron chi connectivity index (χ3n) is 2.69. The van der Waals surface area contributed by atoms with E-state index in [1.165, 1.54) is 0 Å². The molecule has 0 aromatic heterocycles. The summed E-state index contributed by atoms with van der Waals surface area (Å²) < 4.78 is 0. The standard InChI is InChI=1S/C14H21N3O2/c1-9(2)13(18)16-6-7-17-14(19)11-8-10(3)4-5-12(11)15/h4-5,8-9H,6-7,15H2,1-3H3,(H,16,18)(H,17,19). The largest absolute Gasteiger partial charge is 0.398 e. The van der Waals surface area contributed by atoms with Gasteiger partial charge < -0.3 is 16.4 Å². The fourth-order valence-electron chi connectivity index (χ4n) is 1.53. The molecule has 0 heterocycles. The third-order valence-corrected chi connectivity index (χ3v) is 2.69. The Hall–Kier alpha value is -2.04. The second kappa shape index (κ2) is 6.78. The number of nitrogens with two attached hydrogens (primary N) is 1. The number of carbonyl (C=O) groups excluding carboxylic acids is 2. The third kappa shape index (κ3) is 4.62. The lowest BCUT2D eigenvalue weighted by Crippen LogP contribution is -2.36. The summed E-state index contributed by atoms with van der Waals surface area (Å²) in [5.41, 5.74) is 7.65. The van der Waals surface area contributed by atoms with E-state index in [4.69, 9.17) is 5.73 Å². The maximum Gasteiger partial charge on any atom is 0.253 e. The lowest BCUT2D eigenvalue weighted by molar-refractivity contribution is -0.123. The van der Waals surface area contributed by atoms with Gasteiger partial charge in [-0.2, -0.15) is 0 Å². The van der Waals surface area contributed by atoms with Crippen LogP contribution >= 0.6 is 0 Å². The van der Waals surface area contributed by atoms with Crippen LogP contribution in [0.1, 0.15) is 29.8 Å². The monoisotopic (exact) mass is 263 g/mol. The normalized spacial score (nSPS) is 10.3. The van der Waals surface area contributed by atoms with Gasteiger partial charge in [-0.1, -0.05) is 25.5 Å². The Balaban J connectivity index is 2.44. The van der Waals surface area contributed by atoms with E-state index in [-0.39, 0.29) is 17.7 Å². The molecule has 5 heteroatoms. The summed E-state index contributed by atoms with van der Waals surface area (Å²) in [5, 5.41) is 5.46. The van der Waals surface area contributed by atoms with Gasteiger partial charge in [0.15, 0.2) is 0 Å². The van der Waals surface area contributed by atoms with Crippen molar-refractivity contribution in [1.29, 1.82) is 0 Å². The van der Waals surface area contributed by atoms with Crippen LogP contribution in [0.15, 0.2) is 18.2 Å². The molecular formula is C14H21N3O2. The van der Waals surface area contributed by atoms with Crippen LogP contribution in [0.4, 0.5) is 5.69 Å². The van der Waals surface area contributed by atoms with Gasteiger partial charge in [0.05, 0.1) is 5.56 Å². The van der Waals surface area contributed by atoms with Gasteiger partial charge in [-0.05, 0) is 19.1 Å². The lowest BCUT2D eigenvalue weighted by Gasteiger charge is -2.10. The Morgan fingerprint density at radius 3 is 2.47 bits per heavy atom. The van der Waals surface area contributed by atoms with Crippen molar-refractivity contribution >= 4 is 17.5 Å². The van der Waals surface area contributed by atoms with Crippen LogP contribution in [0, 0.1) is 12.8 Å². The lowest BCUT2D eigenvalue weighted by atomic mass is 10.1. The van der Waals surface area contributed by atoms with Gasteiger partial charge in [0.25, 0.3) is 5.91 Å². The molecule has 4 N–H and O–H groups in total. The fraction of sp³-hybridized carbons (Fsp3) is 0.429. The fourth-order valence-corrected chi connectivity index (χ4v) is 1.53. The van der Waals surface area contributed by atoms with Crippen LogP contribution in [0.2, 0.25) is 0 Å². The molecule has 0 spiro atoms. The predicted octanol–water partition coefficient (Wildman–Crippen LogP) is 1.08. The molecule has 19 heavy (non-hydrogen) atoms. The van der Waals surface area contributed by atoms with Gasteiger partial charge in [-0.15, -0.1) is 0 Å². The molecule has 0 aliphatic rings. The number of anilines is 1. The summed E-state index contributed by atoms with van der Waals surface area (Å²) in [6.07, 6.45) is 0. The number of nitrogens with one attached hydrogen (secondary N) is 2. The molecule has 1 aromatic carbocycles. The maximum absolute atomic E-state index is 11.9. The molecular weight excluding hydrogens is 242 g/mol. The number of rotatable bonds is 5. The summed E-state index contributed by atoms with van der Waals surface area (Å²) in [6, 6.07) is 5.32. The Labute approximate surface area is 113 Å². The molecule has 1 aromatic rings. The minimum Gasteiger partial charge on any atom is -0.398 e. The number of nitrogen functional groups attached to an aromatic ring is 1. The average molecular weight is 263 g/mol. The number of hydrogen-bond acceptors (Lipinski definition) is 3. The minimum absolute atomic E-state index is 0.0238. The first-order chi connectivity index (χ1) is 8.91. The van der Waals surface area contributed by atoms with Crippen LogP contribution in [0.25, 0.3) is 0 Å². The highest BCUT2D eigenvalue weighted by molar-refractivity contribution is 5.99. The predicted molar refractivity (Wildman–Crippen MR) is 75.8 cm³/mol. The van der Waals surface area contributed by atoms with Crippen molar-refractivity contribution in [3.8, 4) is 0 Å². The molecule has 0 fully saturated rings. The molecule has 0 saturated carbocycles. The highest BCUT2D eigenvalue weighted by Gasteiger charge is 2.10. The SMILES string of the molecule is Cc1ccc(N)c(C(=O)NCCNC(=O)C(C)C)c1. The van der Waals surface area contributed by atoms with E-state index in [1.54, 1.807) is 12.1 Å². The maximum atomic E-state index is 11.9. The van der Waals surface area contributed by atoms with E-state index in [0.29, 0.717) is 24.3 Å². The molecule has 0 bridgehead atoms. The quantitative estimate of drug-likeness (QED) is 0.549. The van der Waals surface area contributed by atoms with Crippen LogP contribution in [0.5, 0.6) is 0 Å². The summed E-state index contributed by atoms with van der Waals surface area (Å²) >= 11 is 0. The smallest absolute Gasteiger partial charge is 0.253 e.